The first-order valence-corrected chi connectivity index (χ1v) is 12.7. The van der Waals surface area contributed by atoms with E-state index in [1.807, 2.05) is 6.07 Å². The van der Waals surface area contributed by atoms with Crippen LogP contribution in [0.1, 0.15) is 18.4 Å². The van der Waals surface area contributed by atoms with E-state index in [0.717, 1.165) is 30.9 Å². The SMILES string of the molecule is COc1ccc([C@]23CCN(C)C2=C[C@@H](O)C[C@H]3[Si](C)(C)C)cc1OC. The van der Waals surface area contributed by atoms with Gasteiger partial charge in [0.25, 0.3) is 0 Å². The number of fused-ring (bicyclic) bond motifs is 1. The van der Waals surface area contributed by atoms with Gasteiger partial charge in [0.15, 0.2) is 11.5 Å². The summed E-state index contributed by atoms with van der Waals surface area (Å²) in [6.45, 7) is 8.30. The van der Waals surface area contributed by atoms with Crippen LogP contribution in [-0.4, -0.2) is 52.0 Å². The van der Waals surface area contributed by atoms with Gasteiger partial charge in [-0.15, -0.1) is 0 Å². The van der Waals surface area contributed by atoms with Gasteiger partial charge in [-0.2, -0.15) is 0 Å². The molecule has 3 rings (SSSR count). The molecule has 4 nitrogen and oxygen atoms in total. The van der Waals surface area contributed by atoms with Gasteiger partial charge in [0.2, 0.25) is 0 Å². The summed E-state index contributed by atoms with van der Waals surface area (Å²) < 4.78 is 11.0. The van der Waals surface area contributed by atoms with Gasteiger partial charge in [0.1, 0.15) is 0 Å². The number of methoxy groups -OCH3 is 2. The van der Waals surface area contributed by atoms with E-state index < -0.39 is 8.07 Å². The van der Waals surface area contributed by atoms with Crippen molar-refractivity contribution in [1.29, 1.82) is 0 Å². The maximum absolute atomic E-state index is 10.5. The number of benzene rings is 1. The van der Waals surface area contributed by atoms with Gasteiger partial charge in [0.05, 0.1) is 20.3 Å². The second-order valence-corrected chi connectivity index (χ2v) is 13.9. The molecule has 0 bridgehead atoms. The van der Waals surface area contributed by atoms with E-state index in [9.17, 15) is 5.11 Å². The van der Waals surface area contributed by atoms with Crippen LogP contribution in [0.3, 0.4) is 0 Å². The third-order valence-electron chi connectivity index (χ3n) is 6.08. The van der Waals surface area contributed by atoms with Gasteiger partial charge >= 0.3 is 0 Å². The van der Waals surface area contributed by atoms with Crippen LogP contribution in [0.15, 0.2) is 30.0 Å². The van der Waals surface area contributed by atoms with Gasteiger partial charge in [0, 0.05) is 32.8 Å². The minimum absolute atomic E-state index is 0.0298. The molecule has 138 valence electrons. The quantitative estimate of drug-likeness (QED) is 0.832. The first-order chi connectivity index (χ1) is 11.7. The molecule has 0 unspecified atom stereocenters. The van der Waals surface area contributed by atoms with E-state index >= 15 is 0 Å². The monoisotopic (exact) mass is 361 g/mol. The lowest BCUT2D eigenvalue weighted by Crippen LogP contribution is -2.48. The smallest absolute Gasteiger partial charge is 0.161 e. The molecule has 1 aromatic carbocycles. The Morgan fingerprint density at radius 1 is 1.16 bits per heavy atom. The Labute approximate surface area is 152 Å². The number of allylic oxidation sites excluding steroid dienone is 1. The normalized spacial score (nSPS) is 29.2. The number of hydrogen-bond donors (Lipinski definition) is 1. The van der Waals surface area contributed by atoms with Gasteiger partial charge in [-0.25, -0.2) is 0 Å². The Bertz CT molecular complexity index is 682. The molecule has 0 spiro atoms. The highest BCUT2D eigenvalue weighted by Gasteiger charge is 2.55. The second-order valence-electron chi connectivity index (χ2n) is 8.49. The summed E-state index contributed by atoms with van der Waals surface area (Å²) in [4.78, 5) is 2.33. The van der Waals surface area contributed by atoms with E-state index in [2.05, 4.69) is 49.8 Å². The summed E-state index contributed by atoms with van der Waals surface area (Å²) in [5.74, 6) is 1.55. The molecule has 0 aromatic heterocycles. The number of hydrogen-bond acceptors (Lipinski definition) is 4. The van der Waals surface area contributed by atoms with Crippen molar-refractivity contribution in [3.63, 3.8) is 0 Å². The fourth-order valence-electron chi connectivity index (χ4n) is 4.95. The van der Waals surface area contributed by atoms with Crippen molar-refractivity contribution in [3.8, 4) is 11.5 Å². The fraction of sp³-hybridized carbons (Fsp3) is 0.600. The van der Waals surface area contributed by atoms with Gasteiger partial charge in [-0.3, -0.25) is 0 Å². The molecule has 1 aromatic rings. The van der Waals surface area contributed by atoms with E-state index in [4.69, 9.17) is 9.47 Å². The van der Waals surface area contributed by atoms with Crippen LogP contribution in [0.2, 0.25) is 25.2 Å². The summed E-state index contributed by atoms with van der Waals surface area (Å²) in [7, 11) is 3.99. The minimum Gasteiger partial charge on any atom is -0.493 e. The first kappa shape index (κ1) is 18.3. The number of rotatable bonds is 4. The summed E-state index contributed by atoms with van der Waals surface area (Å²) in [6.07, 6.45) is 3.68. The maximum atomic E-state index is 10.5. The summed E-state index contributed by atoms with van der Waals surface area (Å²) in [6, 6.07) is 6.36. The standard InChI is InChI=1S/C20H31NO3Si/c1-21-10-9-20(14-7-8-16(23-2)17(11-14)24-3)18(21)12-15(22)13-19(20)25(4,5)6/h7-8,11-12,15,19,22H,9-10,13H2,1-6H3/t15-,19-,20-/m1/s1. The Balaban J connectivity index is 2.22. The van der Waals surface area contributed by atoms with Crippen molar-refractivity contribution >= 4 is 8.07 Å². The molecule has 1 saturated heterocycles. The average Bonchev–Trinajstić information content (AvgIpc) is 2.90. The molecule has 1 heterocycles. The van der Waals surface area contributed by atoms with Gasteiger partial charge in [-0.05, 0) is 42.2 Å². The van der Waals surface area contributed by atoms with Gasteiger partial charge < -0.3 is 19.5 Å². The third kappa shape index (κ3) is 2.87. The zero-order valence-electron chi connectivity index (χ0n) is 16.3. The van der Waals surface area contributed by atoms with E-state index in [1.54, 1.807) is 14.2 Å². The highest BCUT2D eigenvalue weighted by molar-refractivity contribution is 6.78. The zero-order chi connectivity index (χ0) is 18.4. The number of aliphatic hydroxyl groups excluding tert-OH is 1. The van der Waals surface area contributed by atoms with Crippen LogP contribution in [-0.2, 0) is 5.41 Å². The highest BCUT2D eigenvalue weighted by Crippen LogP contribution is 2.58. The molecule has 1 N–H and O–H groups in total. The number of likely N-dealkylation sites (tertiary alicyclic amines) is 1. The molecule has 5 heteroatoms. The number of likely N-dealkylation sites (N-methyl/N-ethyl adjacent to an activating group) is 1. The van der Waals surface area contributed by atoms with E-state index in [-0.39, 0.29) is 11.5 Å². The Morgan fingerprint density at radius 2 is 1.84 bits per heavy atom. The molecule has 0 radical (unpaired) electrons. The summed E-state index contributed by atoms with van der Waals surface area (Å²) in [5, 5.41) is 10.5. The molecule has 0 saturated carbocycles. The second kappa shape index (κ2) is 6.36. The molecule has 25 heavy (non-hydrogen) atoms. The highest BCUT2D eigenvalue weighted by atomic mass is 28.3. The summed E-state index contributed by atoms with van der Waals surface area (Å²) in [5.41, 5.74) is 3.03. The van der Waals surface area contributed by atoms with Crippen molar-refractivity contribution in [3.05, 3.63) is 35.5 Å². The van der Waals surface area contributed by atoms with Gasteiger partial charge in [-0.1, -0.05) is 25.7 Å². The number of aliphatic hydroxyl groups is 1. The van der Waals surface area contributed by atoms with Crippen LogP contribution in [0.5, 0.6) is 11.5 Å². The van der Waals surface area contributed by atoms with Crippen LogP contribution < -0.4 is 9.47 Å². The molecule has 0 amide bonds. The zero-order valence-corrected chi connectivity index (χ0v) is 17.3. The fourth-order valence-corrected chi connectivity index (χ4v) is 7.84. The number of ether oxygens (including phenoxy) is 2. The predicted molar refractivity (Wildman–Crippen MR) is 104 cm³/mol. The van der Waals surface area contributed by atoms with Crippen LogP contribution in [0, 0.1) is 0 Å². The molecular formula is C20H31NO3Si. The first-order valence-electron chi connectivity index (χ1n) is 9.08. The van der Waals surface area contributed by atoms with Crippen molar-refractivity contribution < 1.29 is 14.6 Å². The van der Waals surface area contributed by atoms with E-state index in [0.29, 0.717) is 5.54 Å². The Morgan fingerprint density at radius 3 is 2.44 bits per heavy atom. The van der Waals surface area contributed by atoms with Crippen molar-refractivity contribution in [2.45, 2.75) is 49.5 Å². The van der Waals surface area contributed by atoms with Crippen molar-refractivity contribution in [2.24, 2.45) is 0 Å². The molecule has 1 aliphatic carbocycles. The molecule has 1 fully saturated rings. The third-order valence-corrected chi connectivity index (χ3v) is 8.90. The summed E-state index contributed by atoms with van der Waals surface area (Å²) >= 11 is 0. The van der Waals surface area contributed by atoms with Crippen LogP contribution >= 0.6 is 0 Å². The molecule has 2 aliphatic rings. The minimum atomic E-state index is -1.52. The maximum Gasteiger partial charge on any atom is 0.161 e. The lowest BCUT2D eigenvalue weighted by atomic mass is 9.69. The lowest BCUT2D eigenvalue weighted by molar-refractivity contribution is 0.179. The van der Waals surface area contributed by atoms with Crippen LogP contribution in [0.4, 0.5) is 0 Å². The molecule has 3 atom stereocenters. The largest absolute Gasteiger partial charge is 0.493 e. The predicted octanol–water partition coefficient (Wildman–Crippen LogP) is 3.63. The molecule has 1 aliphatic heterocycles. The topological polar surface area (TPSA) is 41.9 Å². The Hall–Kier alpha value is -1.46. The number of nitrogens with zero attached hydrogens (tertiary/aromatic N) is 1. The van der Waals surface area contributed by atoms with Crippen LogP contribution in [0.25, 0.3) is 0 Å². The van der Waals surface area contributed by atoms with E-state index in [1.165, 1.54) is 11.3 Å². The Kier molecular flexibility index (Phi) is 4.66. The molecular weight excluding hydrogens is 330 g/mol. The lowest BCUT2D eigenvalue weighted by Gasteiger charge is -2.49. The van der Waals surface area contributed by atoms with Crippen molar-refractivity contribution in [1.82, 2.24) is 4.90 Å². The average molecular weight is 362 g/mol. The van der Waals surface area contributed by atoms with Crippen molar-refractivity contribution in [2.75, 3.05) is 27.8 Å².